The molecule has 0 saturated heterocycles. The number of ether oxygens (including phenoxy) is 3. The third kappa shape index (κ3) is 3.10. The first-order valence-corrected chi connectivity index (χ1v) is 7.21. The molecule has 1 aliphatic rings. The van der Waals surface area contributed by atoms with Crippen LogP contribution in [0.15, 0.2) is 18.2 Å². The maximum absolute atomic E-state index is 5.85. The van der Waals surface area contributed by atoms with Crippen LogP contribution in [-0.4, -0.2) is 18.7 Å². The molecule has 4 heteroatoms. The van der Waals surface area contributed by atoms with Gasteiger partial charge in [0.05, 0.1) is 6.61 Å². The number of benzene rings is 1. The first-order chi connectivity index (χ1) is 8.50. The lowest BCUT2D eigenvalue weighted by molar-refractivity contribution is 0.164. The highest BCUT2D eigenvalue weighted by atomic mass is 79.9. The molecular formula is C14H19BrO3. The minimum Gasteiger partial charge on any atom is -0.493 e. The van der Waals surface area contributed by atoms with Gasteiger partial charge in [0.2, 0.25) is 6.79 Å². The molecule has 1 atom stereocenters. The first kappa shape index (κ1) is 13.5. The van der Waals surface area contributed by atoms with Gasteiger partial charge < -0.3 is 14.2 Å². The van der Waals surface area contributed by atoms with E-state index in [-0.39, 0.29) is 5.41 Å². The summed E-state index contributed by atoms with van der Waals surface area (Å²) in [6.07, 6.45) is 0. The van der Waals surface area contributed by atoms with Crippen molar-refractivity contribution >= 4 is 15.9 Å². The fraction of sp³-hybridized carbons (Fsp3) is 0.571. The molecule has 0 amide bonds. The Bertz CT molecular complexity index is 412. The summed E-state index contributed by atoms with van der Waals surface area (Å²) in [5.74, 6) is 2.84. The van der Waals surface area contributed by atoms with E-state index in [1.54, 1.807) is 0 Å². The Balaban J connectivity index is 1.98. The van der Waals surface area contributed by atoms with Gasteiger partial charge in [0, 0.05) is 17.3 Å². The zero-order valence-corrected chi connectivity index (χ0v) is 12.6. The van der Waals surface area contributed by atoms with E-state index in [9.17, 15) is 0 Å². The van der Waals surface area contributed by atoms with Gasteiger partial charge in [-0.15, -0.1) is 0 Å². The summed E-state index contributed by atoms with van der Waals surface area (Å²) >= 11 is 3.55. The van der Waals surface area contributed by atoms with Crippen molar-refractivity contribution in [2.45, 2.75) is 20.8 Å². The Labute approximate surface area is 117 Å². The zero-order chi connectivity index (χ0) is 13.2. The van der Waals surface area contributed by atoms with Crippen molar-refractivity contribution in [3.05, 3.63) is 18.2 Å². The molecule has 100 valence electrons. The number of halogens is 1. The molecule has 0 N–H and O–H groups in total. The van der Waals surface area contributed by atoms with Crippen LogP contribution in [-0.2, 0) is 0 Å². The average molecular weight is 315 g/mol. The van der Waals surface area contributed by atoms with Crippen LogP contribution in [0.25, 0.3) is 0 Å². The molecule has 18 heavy (non-hydrogen) atoms. The highest BCUT2D eigenvalue weighted by molar-refractivity contribution is 9.09. The number of fused-ring (bicyclic) bond motifs is 1. The van der Waals surface area contributed by atoms with Crippen molar-refractivity contribution in [2.75, 3.05) is 18.7 Å². The zero-order valence-electron chi connectivity index (χ0n) is 11.0. The van der Waals surface area contributed by atoms with Gasteiger partial charge >= 0.3 is 0 Å². The molecule has 0 spiro atoms. The van der Waals surface area contributed by atoms with E-state index < -0.39 is 0 Å². The van der Waals surface area contributed by atoms with Gasteiger partial charge in [0.1, 0.15) is 5.75 Å². The van der Waals surface area contributed by atoms with Crippen LogP contribution in [0.1, 0.15) is 20.8 Å². The number of alkyl halides is 1. The Hall–Kier alpha value is -0.900. The predicted molar refractivity (Wildman–Crippen MR) is 74.8 cm³/mol. The second-order valence-corrected chi connectivity index (χ2v) is 6.19. The number of hydrogen-bond donors (Lipinski definition) is 0. The maximum Gasteiger partial charge on any atom is 0.231 e. The highest BCUT2D eigenvalue weighted by Gasteiger charge is 2.24. The second-order valence-electron chi connectivity index (χ2n) is 5.54. The summed E-state index contributed by atoms with van der Waals surface area (Å²) in [6, 6.07) is 5.69. The third-order valence-electron chi connectivity index (χ3n) is 3.21. The van der Waals surface area contributed by atoms with E-state index in [1.807, 2.05) is 18.2 Å². The van der Waals surface area contributed by atoms with E-state index in [1.165, 1.54) is 0 Å². The molecule has 0 fully saturated rings. The molecule has 0 bridgehead atoms. The van der Waals surface area contributed by atoms with Crippen molar-refractivity contribution in [1.82, 2.24) is 0 Å². The minimum absolute atomic E-state index is 0.222. The average Bonchev–Trinajstić information content (AvgIpc) is 2.75. The minimum atomic E-state index is 0.222. The summed E-state index contributed by atoms with van der Waals surface area (Å²) in [6.45, 7) is 7.66. The van der Waals surface area contributed by atoms with Crippen molar-refractivity contribution < 1.29 is 14.2 Å². The van der Waals surface area contributed by atoms with Crippen LogP contribution in [0.2, 0.25) is 0 Å². The molecular weight excluding hydrogens is 296 g/mol. The summed E-state index contributed by atoms with van der Waals surface area (Å²) < 4.78 is 16.4. The fourth-order valence-electron chi connectivity index (χ4n) is 1.69. The highest BCUT2D eigenvalue weighted by Crippen LogP contribution is 2.36. The lowest BCUT2D eigenvalue weighted by atomic mass is 9.83. The van der Waals surface area contributed by atoms with Gasteiger partial charge in [-0.3, -0.25) is 0 Å². The first-order valence-electron chi connectivity index (χ1n) is 6.09. The van der Waals surface area contributed by atoms with E-state index >= 15 is 0 Å². The summed E-state index contributed by atoms with van der Waals surface area (Å²) in [4.78, 5) is 0. The van der Waals surface area contributed by atoms with Gasteiger partial charge in [-0.2, -0.15) is 0 Å². The van der Waals surface area contributed by atoms with E-state index in [0.717, 1.165) is 22.6 Å². The molecule has 1 heterocycles. The van der Waals surface area contributed by atoms with Crippen molar-refractivity contribution in [3.63, 3.8) is 0 Å². The summed E-state index contributed by atoms with van der Waals surface area (Å²) in [7, 11) is 0. The van der Waals surface area contributed by atoms with Gasteiger partial charge in [-0.1, -0.05) is 36.7 Å². The number of hydrogen-bond acceptors (Lipinski definition) is 3. The summed E-state index contributed by atoms with van der Waals surface area (Å²) in [5, 5.41) is 0.932. The van der Waals surface area contributed by atoms with Crippen LogP contribution >= 0.6 is 15.9 Å². The molecule has 1 unspecified atom stereocenters. The molecule has 0 radical (unpaired) electrons. The van der Waals surface area contributed by atoms with Gasteiger partial charge in [-0.05, 0) is 17.5 Å². The van der Waals surface area contributed by atoms with Crippen LogP contribution in [0.4, 0.5) is 0 Å². The lowest BCUT2D eigenvalue weighted by Crippen LogP contribution is -2.27. The quantitative estimate of drug-likeness (QED) is 0.790. The van der Waals surface area contributed by atoms with Gasteiger partial charge in [0.25, 0.3) is 0 Å². The lowest BCUT2D eigenvalue weighted by Gasteiger charge is -2.28. The van der Waals surface area contributed by atoms with E-state index in [0.29, 0.717) is 19.3 Å². The molecule has 3 nitrogen and oxygen atoms in total. The largest absolute Gasteiger partial charge is 0.493 e. The molecule has 0 aromatic heterocycles. The van der Waals surface area contributed by atoms with Crippen LogP contribution in [0, 0.1) is 11.3 Å². The molecule has 1 aliphatic heterocycles. The normalized spacial score (nSPS) is 15.6. The Morgan fingerprint density at radius 3 is 2.67 bits per heavy atom. The third-order valence-corrected chi connectivity index (χ3v) is 3.99. The smallest absolute Gasteiger partial charge is 0.231 e. The van der Waals surface area contributed by atoms with Gasteiger partial charge in [0.15, 0.2) is 11.5 Å². The summed E-state index contributed by atoms with van der Waals surface area (Å²) in [5.41, 5.74) is 0.222. The molecule has 0 aliphatic carbocycles. The van der Waals surface area contributed by atoms with Gasteiger partial charge in [-0.25, -0.2) is 0 Å². The predicted octanol–water partition coefficient (Wildman–Crippen LogP) is 3.85. The maximum atomic E-state index is 5.85. The monoisotopic (exact) mass is 314 g/mol. The topological polar surface area (TPSA) is 27.7 Å². The van der Waals surface area contributed by atoms with E-state index in [2.05, 4.69) is 36.7 Å². The SMILES string of the molecule is CC(C)(C)C(CBr)COc1ccc2c(c1)OCO2. The molecule has 0 saturated carbocycles. The molecule has 2 rings (SSSR count). The van der Waals surface area contributed by atoms with Crippen LogP contribution < -0.4 is 14.2 Å². The molecule has 1 aromatic rings. The Morgan fingerprint density at radius 1 is 1.28 bits per heavy atom. The van der Waals surface area contributed by atoms with Crippen LogP contribution in [0.5, 0.6) is 17.2 Å². The molecule has 1 aromatic carbocycles. The van der Waals surface area contributed by atoms with E-state index in [4.69, 9.17) is 14.2 Å². The fourth-order valence-corrected chi connectivity index (χ4v) is 2.85. The Morgan fingerprint density at radius 2 is 2.00 bits per heavy atom. The van der Waals surface area contributed by atoms with Crippen LogP contribution in [0.3, 0.4) is 0 Å². The second kappa shape index (κ2) is 5.39. The van der Waals surface area contributed by atoms with Crippen molar-refractivity contribution in [2.24, 2.45) is 11.3 Å². The number of rotatable bonds is 4. The van der Waals surface area contributed by atoms with Crippen molar-refractivity contribution in [1.29, 1.82) is 0 Å². The standard InChI is InChI=1S/C14H19BrO3/c1-14(2,3)10(7-15)8-16-11-4-5-12-13(6-11)18-9-17-12/h4-6,10H,7-9H2,1-3H3. The van der Waals surface area contributed by atoms with Crippen molar-refractivity contribution in [3.8, 4) is 17.2 Å². The Kier molecular flexibility index (Phi) is 4.05.